The average Bonchev–Trinajstić information content (AvgIpc) is 2.00. The predicted molar refractivity (Wildman–Crippen MR) is 37.5 cm³/mol. The van der Waals surface area contributed by atoms with E-state index in [1.807, 2.05) is 0 Å². The number of hydrogen-bond donors (Lipinski definition) is 2. The van der Waals surface area contributed by atoms with Crippen LogP contribution in [0.15, 0.2) is 0 Å². The molecule has 0 aliphatic heterocycles. The molecule has 0 unspecified atom stereocenters. The van der Waals surface area contributed by atoms with Crippen LogP contribution in [0.4, 0.5) is 0 Å². The van der Waals surface area contributed by atoms with E-state index < -0.39 is 12.2 Å². The molecule has 2 nitrogen and oxygen atoms in total. The molecule has 2 atom stereocenters. The summed E-state index contributed by atoms with van der Waals surface area (Å²) in [6, 6.07) is 0. The molecule has 0 aromatic rings. The molecule has 0 heterocycles. The molecule has 3 aliphatic carbocycles. The van der Waals surface area contributed by atoms with Crippen molar-refractivity contribution in [1.82, 2.24) is 0 Å². The lowest BCUT2D eigenvalue weighted by atomic mass is 9.67. The molecule has 3 rings (SSSR count). The van der Waals surface area contributed by atoms with Crippen LogP contribution >= 0.6 is 0 Å². The highest BCUT2D eigenvalue weighted by Crippen LogP contribution is 2.41. The Balaban J connectivity index is 2.13. The Labute approximate surface area is 60.9 Å². The van der Waals surface area contributed by atoms with E-state index in [-0.39, 0.29) is 0 Å². The van der Waals surface area contributed by atoms with Crippen LogP contribution in [0.25, 0.3) is 0 Å². The van der Waals surface area contributed by atoms with E-state index in [0.29, 0.717) is 11.8 Å². The van der Waals surface area contributed by atoms with Gasteiger partial charge in [-0.25, -0.2) is 0 Å². The topological polar surface area (TPSA) is 40.5 Å². The Hall–Kier alpha value is -0.0800. The molecule has 0 aromatic carbocycles. The summed E-state index contributed by atoms with van der Waals surface area (Å²) in [5, 5.41) is 18.8. The van der Waals surface area contributed by atoms with Crippen molar-refractivity contribution in [3.8, 4) is 0 Å². The smallest absolute Gasteiger partial charge is 0.0829 e. The van der Waals surface area contributed by atoms with Gasteiger partial charge >= 0.3 is 0 Å². The van der Waals surface area contributed by atoms with Gasteiger partial charge in [-0.2, -0.15) is 0 Å². The SMILES string of the molecule is O[C@H]1C2CCC(CC2)[C@@H]1O. The average molecular weight is 142 g/mol. The maximum atomic E-state index is 9.42. The maximum Gasteiger partial charge on any atom is 0.0829 e. The van der Waals surface area contributed by atoms with Crippen LogP contribution in [0.1, 0.15) is 25.7 Å². The number of rotatable bonds is 0. The van der Waals surface area contributed by atoms with Gasteiger partial charge < -0.3 is 10.2 Å². The largest absolute Gasteiger partial charge is 0.390 e. The fraction of sp³-hybridized carbons (Fsp3) is 1.00. The first-order chi connectivity index (χ1) is 4.79. The fourth-order valence-electron chi connectivity index (χ4n) is 2.39. The Bertz CT molecular complexity index is 107. The summed E-state index contributed by atoms with van der Waals surface area (Å²) in [5.41, 5.74) is 0. The zero-order valence-corrected chi connectivity index (χ0v) is 6.03. The van der Waals surface area contributed by atoms with Crippen molar-refractivity contribution in [1.29, 1.82) is 0 Å². The summed E-state index contributed by atoms with van der Waals surface area (Å²) in [6.45, 7) is 0. The van der Waals surface area contributed by atoms with E-state index >= 15 is 0 Å². The second-order valence-corrected chi connectivity index (χ2v) is 3.66. The van der Waals surface area contributed by atoms with E-state index in [1.165, 1.54) is 0 Å². The van der Waals surface area contributed by atoms with Crippen molar-refractivity contribution in [2.75, 3.05) is 0 Å². The van der Waals surface area contributed by atoms with Crippen LogP contribution in [-0.2, 0) is 0 Å². The highest BCUT2D eigenvalue weighted by molar-refractivity contribution is 4.92. The molecule has 0 radical (unpaired) electrons. The molecular formula is C8H14O2. The van der Waals surface area contributed by atoms with E-state index in [0.717, 1.165) is 25.7 Å². The van der Waals surface area contributed by atoms with Crippen LogP contribution < -0.4 is 0 Å². The van der Waals surface area contributed by atoms with Gasteiger partial charge in [0, 0.05) is 0 Å². The van der Waals surface area contributed by atoms with Crippen LogP contribution in [0.3, 0.4) is 0 Å². The first-order valence-corrected chi connectivity index (χ1v) is 4.15. The normalized spacial score (nSPS) is 53.4. The summed E-state index contributed by atoms with van der Waals surface area (Å²) in [7, 11) is 0. The van der Waals surface area contributed by atoms with Crippen LogP contribution in [-0.4, -0.2) is 22.4 Å². The summed E-state index contributed by atoms with van der Waals surface area (Å²) in [5.74, 6) is 0.806. The molecule has 0 spiro atoms. The second-order valence-electron chi connectivity index (χ2n) is 3.66. The molecule has 10 heavy (non-hydrogen) atoms. The van der Waals surface area contributed by atoms with Gasteiger partial charge in [-0.1, -0.05) is 0 Å². The van der Waals surface area contributed by atoms with Gasteiger partial charge in [0.05, 0.1) is 12.2 Å². The quantitative estimate of drug-likeness (QED) is 0.518. The third-order valence-electron chi connectivity index (χ3n) is 3.13. The molecule has 3 aliphatic rings. The molecule has 0 saturated heterocycles. The number of aliphatic hydroxyl groups excluding tert-OH is 2. The van der Waals surface area contributed by atoms with E-state index in [1.54, 1.807) is 0 Å². The first kappa shape index (κ1) is 6.62. The van der Waals surface area contributed by atoms with Crippen molar-refractivity contribution in [3.63, 3.8) is 0 Å². The van der Waals surface area contributed by atoms with Gasteiger partial charge in [-0.05, 0) is 37.5 Å². The summed E-state index contributed by atoms with van der Waals surface area (Å²) in [6.07, 6.45) is 3.69. The van der Waals surface area contributed by atoms with Crippen LogP contribution in [0.5, 0.6) is 0 Å². The highest BCUT2D eigenvalue weighted by Gasteiger charge is 2.41. The number of aliphatic hydroxyl groups is 2. The molecule has 0 amide bonds. The number of fused-ring (bicyclic) bond motifs is 3. The zero-order valence-electron chi connectivity index (χ0n) is 6.03. The van der Waals surface area contributed by atoms with E-state index in [2.05, 4.69) is 0 Å². The van der Waals surface area contributed by atoms with Gasteiger partial charge in [0.2, 0.25) is 0 Å². The minimum Gasteiger partial charge on any atom is -0.390 e. The van der Waals surface area contributed by atoms with Gasteiger partial charge in [0.1, 0.15) is 0 Å². The third kappa shape index (κ3) is 0.789. The van der Waals surface area contributed by atoms with E-state index in [9.17, 15) is 10.2 Å². The number of hydrogen-bond acceptors (Lipinski definition) is 2. The minimum atomic E-state index is -0.410. The molecule has 2 bridgehead atoms. The predicted octanol–water partition coefficient (Wildman–Crippen LogP) is 0.528. The monoisotopic (exact) mass is 142 g/mol. The lowest BCUT2D eigenvalue weighted by molar-refractivity contribution is -0.108. The molecule has 2 N–H and O–H groups in total. The molecule has 3 saturated carbocycles. The molecule has 2 heteroatoms. The van der Waals surface area contributed by atoms with Crippen LogP contribution in [0, 0.1) is 11.8 Å². The van der Waals surface area contributed by atoms with Crippen molar-refractivity contribution in [2.45, 2.75) is 37.9 Å². The van der Waals surface area contributed by atoms with Gasteiger partial charge in [-0.15, -0.1) is 0 Å². The lowest BCUT2D eigenvalue weighted by Gasteiger charge is -2.43. The summed E-state index contributed by atoms with van der Waals surface area (Å²) < 4.78 is 0. The first-order valence-electron chi connectivity index (χ1n) is 4.15. The van der Waals surface area contributed by atoms with Crippen LogP contribution in [0.2, 0.25) is 0 Å². The molecule has 3 fully saturated rings. The van der Waals surface area contributed by atoms with Crippen molar-refractivity contribution < 1.29 is 10.2 Å². The van der Waals surface area contributed by atoms with Gasteiger partial charge in [-0.3, -0.25) is 0 Å². The van der Waals surface area contributed by atoms with Crippen molar-refractivity contribution in [3.05, 3.63) is 0 Å². The Morgan fingerprint density at radius 3 is 1.20 bits per heavy atom. The highest BCUT2D eigenvalue weighted by atomic mass is 16.3. The summed E-state index contributed by atoms with van der Waals surface area (Å²) >= 11 is 0. The molecule has 58 valence electrons. The third-order valence-corrected chi connectivity index (χ3v) is 3.13. The Morgan fingerprint density at radius 2 is 1.00 bits per heavy atom. The molecular weight excluding hydrogens is 128 g/mol. The Kier molecular flexibility index (Phi) is 1.46. The van der Waals surface area contributed by atoms with Gasteiger partial charge in [0.15, 0.2) is 0 Å². The van der Waals surface area contributed by atoms with Gasteiger partial charge in [0.25, 0.3) is 0 Å². The molecule has 0 aromatic heterocycles. The van der Waals surface area contributed by atoms with Crippen molar-refractivity contribution in [2.24, 2.45) is 11.8 Å². The minimum absolute atomic E-state index is 0.403. The maximum absolute atomic E-state index is 9.42. The van der Waals surface area contributed by atoms with E-state index in [4.69, 9.17) is 0 Å². The van der Waals surface area contributed by atoms with Crippen molar-refractivity contribution >= 4 is 0 Å². The zero-order chi connectivity index (χ0) is 7.14. The fourth-order valence-corrected chi connectivity index (χ4v) is 2.39. The lowest BCUT2D eigenvalue weighted by Crippen LogP contribution is -2.47. The Morgan fingerprint density at radius 1 is 0.700 bits per heavy atom. The summed E-state index contributed by atoms with van der Waals surface area (Å²) in [4.78, 5) is 0. The standard InChI is InChI=1S/C8H14O2/c9-7-5-1-2-6(4-3-5)8(7)10/h5-10H,1-4H2/t5?,6?,7-,8-/m0/s1. The second kappa shape index (κ2) is 2.21.